The molecule has 3 nitrogen and oxygen atoms in total. The van der Waals surface area contributed by atoms with E-state index in [1.807, 2.05) is 18.2 Å². The third-order valence-electron chi connectivity index (χ3n) is 1.70. The van der Waals surface area contributed by atoms with Gasteiger partial charge >= 0.3 is 0 Å². The van der Waals surface area contributed by atoms with Crippen molar-refractivity contribution in [2.75, 3.05) is 5.73 Å². The van der Waals surface area contributed by atoms with E-state index >= 15 is 0 Å². The minimum Gasteiger partial charge on any atom is -0.468 e. The van der Waals surface area contributed by atoms with Crippen LogP contribution in [0.15, 0.2) is 46.2 Å². The molecule has 2 aromatic heterocycles. The van der Waals surface area contributed by atoms with Crippen LogP contribution in [0.25, 0.3) is 0 Å². The molecule has 0 spiro atoms. The summed E-state index contributed by atoms with van der Waals surface area (Å²) in [4.78, 5) is 4.18. The summed E-state index contributed by atoms with van der Waals surface area (Å²) in [6.07, 6.45) is 3.38. The number of nitrogens with zero attached hydrogens (tertiary/aromatic N) is 1. The highest BCUT2D eigenvalue weighted by Crippen LogP contribution is 2.21. The van der Waals surface area contributed by atoms with Crippen LogP contribution in [-0.4, -0.2) is 4.98 Å². The molecule has 0 saturated carbocycles. The summed E-state index contributed by atoms with van der Waals surface area (Å²) in [6, 6.07) is 7.45. The molecule has 14 heavy (non-hydrogen) atoms. The minimum atomic E-state index is 0.738. The number of nitrogens with two attached hydrogens (primary N) is 1. The molecule has 0 unspecified atom stereocenters. The Balaban J connectivity index is 1.98. The fourth-order valence-corrected chi connectivity index (χ4v) is 1.85. The maximum Gasteiger partial charge on any atom is 0.114 e. The van der Waals surface area contributed by atoms with E-state index in [9.17, 15) is 0 Å². The number of furan rings is 1. The van der Waals surface area contributed by atoms with Crippen molar-refractivity contribution in [1.29, 1.82) is 0 Å². The van der Waals surface area contributed by atoms with Crippen molar-refractivity contribution in [3.8, 4) is 0 Å². The van der Waals surface area contributed by atoms with Gasteiger partial charge in [-0.2, -0.15) is 0 Å². The Morgan fingerprint density at radius 3 is 3.07 bits per heavy atom. The molecule has 2 heterocycles. The van der Waals surface area contributed by atoms with E-state index in [2.05, 4.69) is 4.98 Å². The van der Waals surface area contributed by atoms with Crippen LogP contribution in [0.3, 0.4) is 0 Å². The molecule has 72 valence electrons. The van der Waals surface area contributed by atoms with Gasteiger partial charge in [0.1, 0.15) is 5.76 Å². The zero-order valence-electron chi connectivity index (χ0n) is 7.51. The molecular formula is C10H10N2OS. The number of pyridine rings is 1. The number of aromatic nitrogens is 1. The second-order valence-electron chi connectivity index (χ2n) is 2.80. The predicted octanol–water partition coefficient (Wildman–Crippen LogP) is 2.55. The van der Waals surface area contributed by atoms with Gasteiger partial charge in [0.2, 0.25) is 0 Å². The first-order chi connectivity index (χ1) is 6.84. The Morgan fingerprint density at radius 1 is 1.43 bits per heavy atom. The van der Waals surface area contributed by atoms with Gasteiger partial charge in [0.25, 0.3) is 0 Å². The van der Waals surface area contributed by atoms with Gasteiger partial charge in [-0.3, -0.25) is 0 Å². The lowest BCUT2D eigenvalue weighted by atomic mass is 10.4. The van der Waals surface area contributed by atoms with Crippen molar-refractivity contribution in [2.24, 2.45) is 0 Å². The summed E-state index contributed by atoms with van der Waals surface area (Å²) in [6.45, 7) is 0. The number of hydrogen-bond acceptors (Lipinski definition) is 4. The number of nitrogen functional groups attached to an aromatic ring is 1. The van der Waals surface area contributed by atoms with Crippen LogP contribution in [0, 0.1) is 0 Å². The van der Waals surface area contributed by atoms with Crippen LogP contribution in [0.4, 0.5) is 5.69 Å². The fourth-order valence-electron chi connectivity index (χ4n) is 1.04. The molecule has 0 amide bonds. The van der Waals surface area contributed by atoms with Gasteiger partial charge in [-0.15, -0.1) is 0 Å². The molecule has 0 radical (unpaired) electrons. The zero-order valence-corrected chi connectivity index (χ0v) is 8.33. The van der Waals surface area contributed by atoms with Crippen LogP contribution in [-0.2, 0) is 5.75 Å². The third kappa shape index (κ3) is 2.29. The zero-order chi connectivity index (χ0) is 9.80. The van der Waals surface area contributed by atoms with E-state index in [0.29, 0.717) is 0 Å². The smallest absolute Gasteiger partial charge is 0.114 e. The molecule has 0 saturated heterocycles. The van der Waals surface area contributed by atoms with E-state index in [-0.39, 0.29) is 0 Å². The predicted molar refractivity (Wildman–Crippen MR) is 56.9 cm³/mol. The van der Waals surface area contributed by atoms with Crippen LogP contribution in [0.2, 0.25) is 0 Å². The average molecular weight is 206 g/mol. The lowest BCUT2D eigenvalue weighted by Crippen LogP contribution is -1.87. The fraction of sp³-hybridized carbons (Fsp3) is 0.100. The van der Waals surface area contributed by atoms with Gasteiger partial charge in [-0.05, 0) is 24.3 Å². The normalized spacial score (nSPS) is 10.3. The van der Waals surface area contributed by atoms with Gasteiger partial charge in [-0.25, -0.2) is 4.98 Å². The minimum absolute atomic E-state index is 0.738. The molecule has 0 atom stereocenters. The lowest BCUT2D eigenvalue weighted by molar-refractivity contribution is 0.530. The number of thioether (sulfide) groups is 1. The van der Waals surface area contributed by atoms with E-state index in [0.717, 1.165) is 22.2 Å². The Kier molecular flexibility index (Phi) is 2.74. The summed E-state index contributed by atoms with van der Waals surface area (Å²) in [7, 11) is 0. The molecule has 0 aliphatic heterocycles. The van der Waals surface area contributed by atoms with Crippen LogP contribution in [0.1, 0.15) is 5.76 Å². The number of anilines is 1. The SMILES string of the molecule is Nc1ccnc(SCc2ccco2)c1. The Morgan fingerprint density at radius 2 is 2.36 bits per heavy atom. The topological polar surface area (TPSA) is 52.0 Å². The first kappa shape index (κ1) is 9.15. The van der Waals surface area contributed by atoms with Crippen molar-refractivity contribution in [3.63, 3.8) is 0 Å². The van der Waals surface area contributed by atoms with E-state index in [1.165, 1.54) is 0 Å². The Bertz CT molecular complexity index is 400. The molecule has 0 aliphatic carbocycles. The average Bonchev–Trinajstić information content (AvgIpc) is 2.67. The summed E-state index contributed by atoms with van der Waals surface area (Å²) >= 11 is 1.61. The highest BCUT2D eigenvalue weighted by atomic mass is 32.2. The molecule has 4 heteroatoms. The second-order valence-corrected chi connectivity index (χ2v) is 3.79. The van der Waals surface area contributed by atoms with Crippen molar-refractivity contribution in [3.05, 3.63) is 42.5 Å². The molecule has 2 aromatic rings. The maximum atomic E-state index is 5.63. The van der Waals surface area contributed by atoms with Crippen LogP contribution >= 0.6 is 11.8 Å². The quantitative estimate of drug-likeness (QED) is 0.784. The first-order valence-corrected chi connectivity index (χ1v) is 5.20. The molecule has 0 fully saturated rings. The maximum absolute atomic E-state index is 5.63. The van der Waals surface area contributed by atoms with E-state index in [1.54, 1.807) is 30.3 Å². The van der Waals surface area contributed by atoms with Crippen LogP contribution < -0.4 is 5.73 Å². The van der Waals surface area contributed by atoms with Crippen molar-refractivity contribution in [1.82, 2.24) is 4.98 Å². The molecular weight excluding hydrogens is 196 g/mol. The van der Waals surface area contributed by atoms with Gasteiger partial charge < -0.3 is 10.2 Å². The van der Waals surface area contributed by atoms with Gasteiger partial charge in [0.15, 0.2) is 0 Å². The number of hydrogen-bond donors (Lipinski definition) is 1. The summed E-state index contributed by atoms with van der Waals surface area (Å²) in [5.74, 6) is 1.72. The summed E-state index contributed by atoms with van der Waals surface area (Å²) < 4.78 is 5.21. The first-order valence-electron chi connectivity index (χ1n) is 4.21. The van der Waals surface area contributed by atoms with E-state index in [4.69, 9.17) is 10.2 Å². The highest BCUT2D eigenvalue weighted by Gasteiger charge is 1.99. The molecule has 0 aromatic carbocycles. The summed E-state index contributed by atoms with van der Waals surface area (Å²) in [5.41, 5.74) is 6.37. The monoisotopic (exact) mass is 206 g/mol. The highest BCUT2D eigenvalue weighted by molar-refractivity contribution is 7.98. The van der Waals surface area contributed by atoms with Gasteiger partial charge in [0.05, 0.1) is 17.0 Å². The molecule has 0 aliphatic rings. The molecule has 0 bridgehead atoms. The number of rotatable bonds is 3. The van der Waals surface area contributed by atoms with Gasteiger partial charge in [-0.1, -0.05) is 11.8 Å². The molecule has 2 rings (SSSR count). The standard InChI is InChI=1S/C10H10N2OS/c11-8-3-4-12-10(6-8)14-7-9-2-1-5-13-9/h1-6H,7H2,(H2,11,12). The third-order valence-corrected chi connectivity index (χ3v) is 2.65. The van der Waals surface area contributed by atoms with Gasteiger partial charge in [0, 0.05) is 11.9 Å². The van der Waals surface area contributed by atoms with Crippen molar-refractivity contribution >= 4 is 17.4 Å². The Hall–Kier alpha value is -1.42. The van der Waals surface area contributed by atoms with Crippen LogP contribution in [0.5, 0.6) is 0 Å². The van der Waals surface area contributed by atoms with E-state index < -0.39 is 0 Å². The Labute approximate surface area is 86.3 Å². The largest absolute Gasteiger partial charge is 0.468 e. The molecule has 2 N–H and O–H groups in total. The summed E-state index contributed by atoms with van der Waals surface area (Å²) in [5, 5.41) is 0.918. The van der Waals surface area contributed by atoms with Crippen molar-refractivity contribution < 1.29 is 4.42 Å². The van der Waals surface area contributed by atoms with Crippen molar-refractivity contribution in [2.45, 2.75) is 10.8 Å². The second kappa shape index (κ2) is 4.19. The lowest BCUT2D eigenvalue weighted by Gasteiger charge is -1.99.